The van der Waals surface area contributed by atoms with Crippen molar-refractivity contribution in [1.82, 2.24) is 10.1 Å². The second-order valence-corrected chi connectivity index (χ2v) is 8.20. The molecule has 1 aliphatic rings. The van der Waals surface area contributed by atoms with Gasteiger partial charge in [0.25, 0.3) is 5.91 Å². The van der Waals surface area contributed by atoms with Gasteiger partial charge in [-0.1, -0.05) is 48.5 Å². The lowest BCUT2D eigenvalue weighted by Gasteiger charge is -2.31. The fourth-order valence-electron chi connectivity index (χ4n) is 4.02. The van der Waals surface area contributed by atoms with Crippen LogP contribution >= 0.6 is 0 Å². The van der Waals surface area contributed by atoms with Crippen LogP contribution in [0, 0.1) is 0 Å². The summed E-state index contributed by atoms with van der Waals surface area (Å²) >= 11 is 0. The van der Waals surface area contributed by atoms with E-state index in [4.69, 9.17) is 14.0 Å². The number of amides is 1. The van der Waals surface area contributed by atoms with Crippen LogP contribution in [-0.2, 0) is 11.3 Å². The average molecular weight is 450 g/mol. The quantitative estimate of drug-likeness (QED) is 0.500. The Kier molecular flexibility index (Phi) is 7.29. The van der Waals surface area contributed by atoms with E-state index >= 15 is 0 Å². The van der Waals surface area contributed by atoms with Crippen LogP contribution in [0.25, 0.3) is 11.3 Å². The van der Waals surface area contributed by atoms with Gasteiger partial charge in [0.1, 0.15) is 11.4 Å². The van der Waals surface area contributed by atoms with E-state index in [9.17, 15) is 4.79 Å². The van der Waals surface area contributed by atoms with Crippen molar-refractivity contribution in [3.05, 3.63) is 65.7 Å². The number of carbonyl (C=O) groups is 1. The maximum Gasteiger partial charge on any atom is 0.254 e. The summed E-state index contributed by atoms with van der Waals surface area (Å²) in [6.45, 7) is 7.28. The van der Waals surface area contributed by atoms with Crippen molar-refractivity contribution in [1.29, 1.82) is 0 Å². The smallest absolute Gasteiger partial charge is 0.254 e. The summed E-state index contributed by atoms with van der Waals surface area (Å²) in [7, 11) is 1.61. The Morgan fingerprint density at radius 3 is 2.61 bits per heavy atom. The van der Waals surface area contributed by atoms with Gasteiger partial charge in [0.05, 0.1) is 32.4 Å². The molecule has 1 aromatic heterocycles. The Balaban J connectivity index is 1.74. The molecule has 0 N–H and O–H groups in total. The second-order valence-electron chi connectivity index (χ2n) is 8.20. The Hall–Kier alpha value is -3.32. The third-order valence-corrected chi connectivity index (χ3v) is 6.14. The van der Waals surface area contributed by atoms with Crippen molar-refractivity contribution in [2.45, 2.75) is 32.9 Å². The first kappa shape index (κ1) is 22.9. The highest BCUT2D eigenvalue weighted by Crippen LogP contribution is 2.34. The summed E-state index contributed by atoms with van der Waals surface area (Å²) in [6, 6.07) is 17.3. The minimum Gasteiger partial charge on any atom is -0.497 e. The molecule has 0 bridgehead atoms. The first-order valence-corrected chi connectivity index (χ1v) is 11.4. The first-order chi connectivity index (χ1) is 16.1. The molecule has 1 atom stereocenters. The summed E-state index contributed by atoms with van der Waals surface area (Å²) in [4.78, 5) is 17.7. The molecular formula is C26H31N3O4. The normalized spacial score (nSPS) is 14.7. The number of ether oxygens (including phenoxy) is 2. The fourth-order valence-corrected chi connectivity index (χ4v) is 4.02. The lowest BCUT2D eigenvalue weighted by molar-refractivity contribution is 0.0671. The highest BCUT2D eigenvalue weighted by atomic mass is 16.5. The molecule has 0 radical (unpaired) electrons. The molecular weight excluding hydrogens is 418 g/mol. The van der Waals surface area contributed by atoms with Crippen molar-refractivity contribution in [2.24, 2.45) is 0 Å². The van der Waals surface area contributed by atoms with Crippen molar-refractivity contribution < 1.29 is 18.8 Å². The minimum absolute atomic E-state index is 0.0276. The lowest BCUT2D eigenvalue weighted by atomic mass is 10.0. The van der Waals surface area contributed by atoms with Crippen LogP contribution in [0.4, 0.5) is 5.88 Å². The van der Waals surface area contributed by atoms with Gasteiger partial charge in [-0.15, -0.1) is 0 Å². The van der Waals surface area contributed by atoms with Gasteiger partial charge in [-0.05, 0) is 31.5 Å². The van der Waals surface area contributed by atoms with Crippen molar-refractivity contribution in [3.63, 3.8) is 0 Å². The topological polar surface area (TPSA) is 68.0 Å². The lowest BCUT2D eigenvalue weighted by Crippen LogP contribution is -2.39. The van der Waals surface area contributed by atoms with E-state index in [1.165, 1.54) is 0 Å². The molecule has 1 amide bonds. The number of aromatic nitrogens is 1. The SMILES string of the molecule is CCC(C)N(Cc1c(-c2ccccc2)noc1N1CCOCC1)C(=O)c1cccc(OC)c1. The summed E-state index contributed by atoms with van der Waals surface area (Å²) in [5, 5.41) is 4.44. The van der Waals surface area contributed by atoms with E-state index in [2.05, 4.69) is 23.9 Å². The first-order valence-electron chi connectivity index (χ1n) is 11.4. The number of hydrogen-bond donors (Lipinski definition) is 0. The van der Waals surface area contributed by atoms with Gasteiger partial charge in [0, 0.05) is 30.3 Å². The fraction of sp³-hybridized carbons (Fsp3) is 0.385. The molecule has 7 heteroatoms. The number of hydrogen-bond acceptors (Lipinski definition) is 6. The molecule has 0 saturated carbocycles. The predicted octanol–water partition coefficient (Wildman–Crippen LogP) is 4.63. The molecule has 3 aromatic rings. The number of carbonyl (C=O) groups excluding carboxylic acids is 1. The van der Waals surface area contributed by atoms with Gasteiger partial charge in [0.15, 0.2) is 0 Å². The van der Waals surface area contributed by atoms with E-state index in [0.29, 0.717) is 37.0 Å². The van der Waals surface area contributed by atoms with Gasteiger partial charge < -0.3 is 23.8 Å². The second kappa shape index (κ2) is 10.5. The van der Waals surface area contributed by atoms with E-state index in [0.717, 1.165) is 36.3 Å². The van der Waals surface area contributed by atoms with Gasteiger partial charge in [-0.3, -0.25) is 4.79 Å². The Bertz CT molecular complexity index is 1060. The molecule has 2 aromatic carbocycles. The molecule has 2 heterocycles. The van der Waals surface area contributed by atoms with Crippen molar-refractivity contribution >= 4 is 11.8 Å². The summed E-state index contributed by atoms with van der Waals surface area (Å²) in [6.07, 6.45) is 0.828. The number of morpholine rings is 1. The predicted molar refractivity (Wildman–Crippen MR) is 128 cm³/mol. The van der Waals surface area contributed by atoms with Gasteiger partial charge in [-0.2, -0.15) is 0 Å². The van der Waals surface area contributed by atoms with E-state index < -0.39 is 0 Å². The van der Waals surface area contributed by atoms with E-state index in [1.54, 1.807) is 13.2 Å². The van der Waals surface area contributed by atoms with E-state index in [-0.39, 0.29) is 11.9 Å². The molecule has 1 unspecified atom stereocenters. The molecule has 33 heavy (non-hydrogen) atoms. The highest BCUT2D eigenvalue weighted by molar-refractivity contribution is 5.95. The van der Waals surface area contributed by atoms with Crippen LogP contribution in [-0.4, -0.2) is 55.4 Å². The molecule has 4 rings (SSSR count). The Morgan fingerprint density at radius 2 is 1.91 bits per heavy atom. The highest BCUT2D eigenvalue weighted by Gasteiger charge is 2.29. The van der Waals surface area contributed by atoms with Crippen LogP contribution in [0.3, 0.4) is 0 Å². The zero-order chi connectivity index (χ0) is 23.2. The van der Waals surface area contributed by atoms with Gasteiger partial charge in [0.2, 0.25) is 5.88 Å². The van der Waals surface area contributed by atoms with Crippen molar-refractivity contribution in [3.8, 4) is 17.0 Å². The van der Waals surface area contributed by atoms with Crippen LogP contribution in [0.15, 0.2) is 59.1 Å². The standard InChI is InChI=1S/C26H31N3O4/c1-4-19(2)29(25(30)21-11-8-12-22(17-21)31-3)18-23-24(20-9-6-5-7-10-20)27-33-26(23)28-13-15-32-16-14-28/h5-12,17,19H,4,13-16,18H2,1-3H3. The van der Waals surface area contributed by atoms with Gasteiger partial charge in [-0.25, -0.2) is 0 Å². The summed E-state index contributed by atoms with van der Waals surface area (Å²) in [5.74, 6) is 1.33. The van der Waals surface area contributed by atoms with Gasteiger partial charge >= 0.3 is 0 Å². The number of nitrogens with zero attached hydrogens (tertiary/aromatic N) is 3. The van der Waals surface area contributed by atoms with Crippen LogP contribution in [0.5, 0.6) is 5.75 Å². The minimum atomic E-state index is -0.0450. The molecule has 0 aliphatic carbocycles. The van der Waals surface area contributed by atoms with Crippen LogP contribution < -0.4 is 9.64 Å². The Morgan fingerprint density at radius 1 is 1.15 bits per heavy atom. The number of rotatable bonds is 8. The third kappa shape index (κ3) is 5.03. The summed E-state index contributed by atoms with van der Waals surface area (Å²) < 4.78 is 16.8. The Labute approximate surface area is 194 Å². The molecule has 174 valence electrons. The maximum atomic E-state index is 13.7. The van der Waals surface area contributed by atoms with E-state index in [1.807, 2.05) is 53.4 Å². The number of anilines is 1. The summed E-state index contributed by atoms with van der Waals surface area (Å²) in [5.41, 5.74) is 3.25. The maximum absolute atomic E-state index is 13.7. The van der Waals surface area contributed by atoms with Crippen LogP contribution in [0.2, 0.25) is 0 Å². The molecule has 0 spiro atoms. The zero-order valence-corrected chi connectivity index (χ0v) is 19.5. The molecule has 1 saturated heterocycles. The largest absolute Gasteiger partial charge is 0.497 e. The molecule has 1 fully saturated rings. The third-order valence-electron chi connectivity index (χ3n) is 6.14. The number of methoxy groups -OCH3 is 1. The number of benzene rings is 2. The molecule has 7 nitrogen and oxygen atoms in total. The zero-order valence-electron chi connectivity index (χ0n) is 19.5. The van der Waals surface area contributed by atoms with Crippen molar-refractivity contribution in [2.75, 3.05) is 38.3 Å². The molecule has 1 aliphatic heterocycles. The van der Waals surface area contributed by atoms with Crippen LogP contribution in [0.1, 0.15) is 36.2 Å². The monoisotopic (exact) mass is 449 g/mol. The average Bonchev–Trinajstić information content (AvgIpc) is 3.31.